The van der Waals surface area contributed by atoms with Crippen molar-refractivity contribution in [1.29, 1.82) is 0 Å². The predicted molar refractivity (Wildman–Crippen MR) is 98.5 cm³/mol. The molecule has 1 N–H and O–H groups in total. The summed E-state index contributed by atoms with van der Waals surface area (Å²) in [5, 5.41) is 2.87. The Hall–Kier alpha value is -2.54. The largest absolute Gasteiger partial charge is 0.497 e. The van der Waals surface area contributed by atoms with Gasteiger partial charge in [-0.05, 0) is 59.3 Å². The van der Waals surface area contributed by atoms with E-state index in [1.165, 1.54) is 0 Å². The first-order chi connectivity index (χ1) is 12.1. The first-order valence-corrected chi connectivity index (χ1v) is 8.57. The van der Waals surface area contributed by atoms with Crippen molar-refractivity contribution in [1.82, 2.24) is 14.7 Å². The number of nitrogens with one attached hydrogen (secondary N) is 1. The summed E-state index contributed by atoms with van der Waals surface area (Å²) in [4.78, 5) is 16.9. The highest BCUT2D eigenvalue weighted by Crippen LogP contribution is 2.17. The lowest BCUT2D eigenvalue weighted by atomic mass is 10.3. The van der Waals surface area contributed by atoms with Gasteiger partial charge in [-0.1, -0.05) is 0 Å². The van der Waals surface area contributed by atoms with Crippen LogP contribution in [0.25, 0.3) is 5.65 Å². The summed E-state index contributed by atoms with van der Waals surface area (Å²) in [6.07, 6.45) is 1.83. The maximum absolute atomic E-state index is 12.5. The minimum Gasteiger partial charge on any atom is -0.497 e. The minimum absolute atomic E-state index is 0.179. The molecule has 2 heterocycles. The zero-order chi connectivity index (χ0) is 17.8. The fourth-order valence-corrected chi connectivity index (χ4v) is 2.84. The molecule has 1 amide bonds. The Balaban J connectivity index is 1.59. The number of amides is 1. The lowest BCUT2D eigenvalue weighted by Gasteiger charge is -2.09. The van der Waals surface area contributed by atoms with Crippen molar-refractivity contribution >= 4 is 27.5 Å². The van der Waals surface area contributed by atoms with Crippen molar-refractivity contribution in [3.63, 3.8) is 0 Å². The van der Waals surface area contributed by atoms with Crippen LogP contribution in [0, 0.1) is 6.92 Å². The number of ether oxygens (including phenoxy) is 2. The molecule has 1 aromatic carbocycles. The maximum atomic E-state index is 12.5. The van der Waals surface area contributed by atoms with Crippen LogP contribution in [0.4, 0.5) is 0 Å². The topological polar surface area (TPSA) is 64.9 Å². The van der Waals surface area contributed by atoms with Gasteiger partial charge in [0.25, 0.3) is 5.91 Å². The van der Waals surface area contributed by atoms with E-state index in [0.717, 1.165) is 21.6 Å². The molecule has 7 heteroatoms. The Labute approximate surface area is 153 Å². The van der Waals surface area contributed by atoms with Crippen LogP contribution in [0.3, 0.4) is 0 Å². The number of imidazole rings is 1. The quantitative estimate of drug-likeness (QED) is 0.641. The van der Waals surface area contributed by atoms with E-state index in [9.17, 15) is 4.79 Å². The molecular weight excluding hydrogens is 386 g/mol. The van der Waals surface area contributed by atoms with Crippen molar-refractivity contribution in [2.24, 2.45) is 0 Å². The van der Waals surface area contributed by atoms with Crippen molar-refractivity contribution in [2.45, 2.75) is 6.92 Å². The average molecular weight is 404 g/mol. The van der Waals surface area contributed by atoms with Gasteiger partial charge >= 0.3 is 0 Å². The second-order valence-electron chi connectivity index (χ2n) is 5.40. The van der Waals surface area contributed by atoms with Crippen LogP contribution in [-0.2, 0) is 0 Å². The highest BCUT2D eigenvalue weighted by molar-refractivity contribution is 9.10. The Morgan fingerprint density at radius 3 is 2.64 bits per heavy atom. The van der Waals surface area contributed by atoms with E-state index in [1.807, 2.05) is 49.5 Å². The molecule has 0 saturated heterocycles. The highest BCUT2D eigenvalue weighted by atomic mass is 79.9. The molecular formula is C18H18BrN3O3. The zero-order valence-corrected chi connectivity index (χ0v) is 15.5. The number of hydrogen-bond donors (Lipinski definition) is 1. The third kappa shape index (κ3) is 3.93. The van der Waals surface area contributed by atoms with Crippen LogP contribution in [0.1, 0.15) is 16.2 Å². The number of benzene rings is 1. The summed E-state index contributed by atoms with van der Waals surface area (Å²) < 4.78 is 13.4. The van der Waals surface area contributed by atoms with Gasteiger partial charge in [-0.2, -0.15) is 0 Å². The molecule has 25 heavy (non-hydrogen) atoms. The van der Waals surface area contributed by atoms with Crippen LogP contribution in [-0.4, -0.2) is 35.6 Å². The lowest BCUT2D eigenvalue weighted by Crippen LogP contribution is -2.29. The van der Waals surface area contributed by atoms with Gasteiger partial charge in [-0.25, -0.2) is 4.98 Å². The Bertz CT molecular complexity index is 890. The second kappa shape index (κ2) is 7.57. The van der Waals surface area contributed by atoms with E-state index in [0.29, 0.717) is 24.5 Å². The molecule has 130 valence electrons. The van der Waals surface area contributed by atoms with E-state index in [2.05, 4.69) is 26.2 Å². The molecule has 0 spiro atoms. The van der Waals surface area contributed by atoms with Crippen molar-refractivity contribution in [3.8, 4) is 11.5 Å². The molecule has 0 radical (unpaired) electrons. The molecule has 3 aromatic rings. The molecule has 3 rings (SSSR count). The smallest absolute Gasteiger partial charge is 0.270 e. The Kier molecular flexibility index (Phi) is 5.23. The van der Waals surface area contributed by atoms with Gasteiger partial charge in [0.15, 0.2) is 0 Å². The number of rotatable bonds is 6. The molecule has 0 atom stereocenters. The van der Waals surface area contributed by atoms with Gasteiger partial charge in [-0.3, -0.25) is 9.20 Å². The summed E-state index contributed by atoms with van der Waals surface area (Å²) in [6, 6.07) is 11.1. The van der Waals surface area contributed by atoms with Crippen molar-refractivity contribution < 1.29 is 14.3 Å². The summed E-state index contributed by atoms with van der Waals surface area (Å²) in [5.41, 5.74) is 1.95. The number of aryl methyl sites for hydroxylation is 1. The van der Waals surface area contributed by atoms with Crippen LogP contribution in [0.15, 0.2) is 47.1 Å². The fraction of sp³-hybridized carbons (Fsp3) is 0.222. The highest BCUT2D eigenvalue weighted by Gasteiger charge is 2.16. The second-order valence-corrected chi connectivity index (χ2v) is 6.32. The lowest BCUT2D eigenvalue weighted by molar-refractivity contribution is 0.0940. The normalized spacial score (nSPS) is 10.7. The number of nitrogens with zero attached hydrogens (tertiary/aromatic N) is 2. The van der Waals surface area contributed by atoms with E-state index < -0.39 is 0 Å². The standard InChI is InChI=1S/C18H18BrN3O3/c1-12-17(22-11-13(19)3-8-16(22)21-12)18(23)20-9-10-25-15-6-4-14(24-2)5-7-15/h3-8,11H,9-10H2,1-2H3,(H,20,23). The molecule has 0 bridgehead atoms. The Morgan fingerprint density at radius 1 is 1.20 bits per heavy atom. The van der Waals surface area contributed by atoms with Crippen LogP contribution in [0.5, 0.6) is 11.5 Å². The zero-order valence-electron chi connectivity index (χ0n) is 14.0. The predicted octanol–water partition coefficient (Wildman–Crippen LogP) is 3.22. The first-order valence-electron chi connectivity index (χ1n) is 7.78. The van der Waals surface area contributed by atoms with E-state index in [1.54, 1.807) is 11.5 Å². The molecule has 0 fully saturated rings. The van der Waals surface area contributed by atoms with E-state index >= 15 is 0 Å². The van der Waals surface area contributed by atoms with Gasteiger partial charge in [0.05, 0.1) is 19.3 Å². The van der Waals surface area contributed by atoms with Crippen molar-refractivity contribution in [3.05, 3.63) is 58.5 Å². The summed E-state index contributed by atoms with van der Waals surface area (Å²) in [6.45, 7) is 2.59. The molecule has 2 aromatic heterocycles. The molecule has 0 saturated carbocycles. The number of fused-ring (bicyclic) bond motifs is 1. The maximum Gasteiger partial charge on any atom is 0.270 e. The van der Waals surface area contributed by atoms with Crippen LogP contribution in [0.2, 0.25) is 0 Å². The summed E-state index contributed by atoms with van der Waals surface area (Å²) >= 11 is 3.42. The third-order valence-corrected chi connectivity index (χ3v) is 4.16. The van der Waals surface area contributed by atoms with E-state index in [4.69, 9.17) is 9.47 Å². The van der Waals surface area contributed by atoms with Crippen molar-refractivity contribution in [2.75, 3.05) is 20.3 Å². The summed E-state index contributed by atoms with van der Waals surface area (Å²) in [7, 11) is 1.62. The number of carbonyl (C=O) groups is 1. The third-order valence-electron chi connectivity index (χ3n) is 3.69. The van der Waals surface area contributed by atoms with Gasteiger partial charge in [-0.15, -0.1) is 0 Å². The molecule has 0 aliphatic rings. The Morgan fingerprint density at radius 2 is 1.92 bits per heavy atom. The number of methoxy groups -OCH3 is 1. The van der Waals surface area contributed by atoms with Gasteiger partial charge < -0.3 is 14.8 Å². The SMILES string of the molecule is COc1ccc(OCCNC(=O)c2c(C)nc3ccc(Br)cn23)cc1. The number of aromatic nitrogens is 2. The van der Waals surface area contributed by atoms with Gasteiger partial charge in [0.2, 0.25) is 0 Å². The molecule has 6 nitrogen and oxygen atoms in total. The molecule has 0 unspecified atom stereocenters. The summed E-state index contributed by atoms with van der Waals surface area (Å²) in [5.74, 6) is 1.32. The number of pyridine rings is 1. The molecule has 0 aliphatic carbocycles. The monoisotopic (exact) mass is 403 g/mol. The van der Waals surface area contributed by atoms with Gasteiger partial charge in [0, 0.05) is 10.7 Å². The number of halogens is 1. The van der Waals surface area contributed by atoms with Gasteiger partial charge in [0.1, 0.15) is 29.4 Å². The van der Waals surface area contributed by atoms with Crippen LogP contribution < -0.4 is 14.8 Å². The minimum atomic E-state index is -0.179. The first kappa shape index (κ1) is 17.3. The van der Waals surface area contributed by atoms with Crippen LogP contribution >= 0.6 is 15.9 Å². The van der Waals surface area contributed by atoms with E-state index in [-0.39, 0.29) is 5.91 Å². The number of hydrogen-bond acceptors (Lipinski definition) is 4. The fourth-order valence-electron chi connectivity index (χ4n) is 2.50. The molecule has 0 aliphatic heterocycles. The number of carbonyl (C=O) groups excluding carboxylic acids is 1. The average Bonchev–Trinajstić information content (AvgIpc) is 2.94.